The quantitative estimate of drug-likeness (QED) is 0.285. The summed E-state index contributed by atoms with van der Waals surface area (Å²) in [4.78, 5) is 24.7. The van der Waals surface area contributed by atoms with Crippen LogP contribution in [0.4, 0.5) is 4.39 Å². The third-order valence-corrected chi connectivity index (χ3v) is 8.54. The van der Waals surface area contributed by atoms with Gasteiger partial charge in [-0.3, -0.25) is 9.36 Å². The molecule has 3 aromatic heterocycles. The van der Waals surface area contributed by atoms with Crippen LogP contribution in [0.2, 0.25) is 0 Å². The molecule has 11 heteroatoms. The number of hydrogen-bond acceptors (Lipinski definition) is 8. The molecule has 0 spiro atoms. The minimum atomic E-state index is -4.51. The molecule has 4 aromatic rings. The molecule has 1 aromatic carbocycles. The van der Waals surface area contributed by atoms with Gasteiger partial charge in [0.15, 0.2) is 4.90 Å². The molecule has 1 atom stereocenters. The van der Waals surface area contributed by atoms with E-state index >= 15 is 0 Å². The summed E-state index contributed by atoms with van der Waals surface area (Å²) in [6.45, 7) is 5.37. The summed E-state index contributed by atoms with van der Waals surface area (Å²) < 4.78 is 42.7. The number of unbranched alkanes of at least 4 members (excludes halogenated alkanes) is 1. The lowest BCUT2D eigenvalue weighted by molar-refractivity contribution is 0.406. The van der Waals surface area contributed by atoms with E-state index < -0.39 is 38.2 Å². The van der Waals surface area contributed by atoms with Crippen LogP contribution in [0.15, 0.2) is 69.4 Å². The van der Waals surface area contributed by atoms with Crippen LogP contribution in [0.25, 0.3) is 11.1 Å². The SMILES string of the molecule is CCCCc1nc(O)c(S(=O)(=O)c2ccc(-c3ccnc(F)c3C)cc2)c(=O)n1C(CC)c1ccnc(C#N)c1. The van der Waals surface area contributed by atoms with Crippen molar-refractivity contribution in [1.82, 2.24) is 19.5 Å². The Morgan fingerprint density at radius 1 is 1.10 bits per heavy atom. The van der Waals surface area contributed by atoms with Crippen LogP contribution in [-0.4, -0.2) is 33.0 Å². The van der Waals surface area contributed by atoms with Crippen LogP contribution >= 0.6 is 0 Å². The molecule has 0 saturated heterocycles. The summed E-state index contributed by atoms with van der Waals surface area (Å²) in [6, 6.07) is 11.8. The van der Waals surface area contributed by atoms with Crippen LogP contribution in [0, 0.1) is 24.2 Å². The van der Waals surface area contributed by atoms with E-state index in [1.54, 1.807) is 25.1 Å². The second kappa shape index (κ2) is 11.8. The molecule has 0 fully saturated rings. The maximum Gasteiger partial charge on any atom is 0.277 e. The van der Waals surface area contributed by atoms with E-state index in [1.165, 1.54) is 41.2 Å². The number of hydrogen-bond donors (Lipinski definition) is 1. The first-order chi connectivity index (χ1) is 19.1. The Morgan fingerprint density at radius 2 is 1.80 bits per heavy atom. The van der Waals surface area contributed by atoms with Gasteiger partial charge >= 0.3 is 0 Å². The molecule has 0 saturated carbocycles. The van der Waals surface area contributed by atoms with E-state index in [0.717, 1.165) is 6.42 Å². The summed E-state index contributed by atoms with van der Waals surface area (Å²) >= 11 is 0. The Labute approximate surface area is 231 Å². The van der Waals surface area contributed by atoms with Crippen molar-refractivity contribution in [2.75, 3.05) is 0 Å². The molecule has 9 nitrogen and oxygen atoms in total. The van der Waals surface area contributed by atoms with Crippen molar-refractivity contribution in [3.63, 3.8) is 0 Å². The summed E-state index contributed by atoms with van der Waals surface area (Å²) in [7, 11) is -4.51. The number of rotatable bonds is 9. The van der Waals surface area contributed by atoms with E-state index in [-0.39, 0.29) is 16.4 Å². The van der Waals surface area contributed by atoms with Gasteiger partial charge in [0, 0.05) is 24.4 Å². The largest absolute Gasteiger partial charge is 0.492 e. The van der Waals surface area contributed by atoms with Gasteiger partial charge in [0.05, 0.1) is 10.9 Å². The highest BCUT2D eigenvalue weighted by molar-refractivity contribution is 7.91. The lowest BCUT2D eigenvalue weighted by atomic mass is 10.0. The zero-order chi connectivity index (χ0) is 29.0. The van der Waals surface area contributed by atoms with Gasteiger partial charge in [0.2, 0.25) is 21.7 Å². The number of nitrogens with zero attached hydrogens (tertiary/aromatic N) is 5. The number of aromatic nitrogens is 4. The molecule has 0 radical (unpaired) electrons. The fraction of sp³-hybridized carbons (Fsp3) is 0.276. The molecule has 0 amide bonds. The molecule has 0 aliphatic heterocycles. The molecule has 4 rings (SSSR count). The zero-order valence-corrected chi connectivity index (χ0v) is 23.1. The van der Waals surface area contributed by atoms with Gasteiger partial charge in [-0.2, -0.15) is 14.6 Å². The molecular formula is C29H28FN5O4S. The minimum Gasteiger partial charge on any atom is -0.492 e. The molecule has 0 aliphatic carbocycles. The standard InChI is InChI=1S/C29H28FN5O4S/c1-4-6-7-25-34-28(36)26(29(37)35(25)24(5-2)20-12-14-32-21(16-20)17-31)40(38,39)22-10-8-19(9-11-22)23-13-15-33-27(30)18(23)3/h8-16,24,36H,4-7H2,1-3H3. The molecule has 0 aliphatic rings. The first-order valence-corrected chi connectivity index (χ1v) is 14.3. The summed E-state index contributed by atoms with van der Waals surface area (Å²) in [5.41, 5.74) is 1.26. The fourth-order valence-corrected chi connectivity index (χ4v) is 6.00. The third-order valence-electron chi connectivity index (χ3n) is 6.75. The fourth-order valence-electron chi connectivity index (χ4n) is 4.65. The second-order valence-electron chi connectivity index (χ2n) is 9.27. The molecule has 206 valence electrons. The molecule has 0 bridgehead atoms. The van der Waals surface area contributed by atoms with Gasteiger partial charge in [-0.15, -0.1) is 0 Å². The van der Waals surface area contributed by atoms with Crippen molar-refractivity contribution in [2.45, 2.75) is 62.3 Å². The smallest absolute Gasteiger partial charge is 0.277 e. The summed E-state index contributed by atoms with van der Waals surface area (Å²) in [5, 5.41) is 20.1. The molecule has 3 heterocycles. The van der Waals surface area contributed by atoms with Gasteiger partial charge < -0.3 is 5.11 Å². The number of pyridine rings is 2. The van der Waals surface area contributed by atoms with E-state index in [1.807, 2.05) is 19.9 Å². The van der Waals surface area contributed by atoms with Crippen molar-refractivity contribution < 1.29 is 17.9 Å². The highest BCUT2D eigenvalue weighted by Gasteiger charge is 2.31. The Hall–Kier alpha value is -4.43. The van der Waals surface area contributed by atoms with Crippen LogP contribution in [0.3, 0.4) is 0 Å². The highest BCUT2D eigenvalue weighted by Crippen LogP contribution is 2.31. The normalized spacial score (nSPS) is 12.2. The third kappa shape index (κ3) is 5.35. The Kier molecular flexibility index (Phi) is 8.40. The average molecular weight is 562 g/mol. The Balaban J connectivity index is 1.88. The number of aromatic hydroxyl groups is 1. The van der Waals surface area contributed by atoms with Crippen molar-refractivity contribution >= 4 is 9.84 Å². The van der Waals surface area contributed by atoms with Crippen molar-refractivity contribution in [2.24, 2.45) is 0 Å². The molecule has 1 N–H and O–H groups in total. The van der Waals surface area contributed by atoms with E-state index in [2.05, 4.69) is 15.0 Å². The highest BCUT2D eigenvalue weighted by atomic mass is 32.2. The van der Waals surface area contributed by atoms with E-state index in [9.17, 15) is 28.0 Å². The predicted octanol–water partition coefficient (Wildman–Crippen LogP) is 4.90. The van der Waals surface area contributed by atoms with Gasteiger partial charge in [0.1, 0.15) is 17.6 Å². The zero-order valence-electron chi connectivity index (χ0n) is 22.3. The van der Waals surface area contributed by atoms with Gasteiger partial charge in [0.25, 0.3) is 5.56 Å². The van der Waals surface area contributed by atoms with Crippen LogP contribution < -0.4 is 5.56 Å². The second-order valence-corrected chi connectivity index (χ2v) is 11.2. The Bertz CT molecular complexity index is 1760. The van der Waals surface area contributed by atoms with Gasteiger partial charge in [-0.1, -0.05) is 32.4 Å². The maximum absolute atomic E-state index is 14.0. The average Bonchev–Trinajstić information content (AvgIpc) is 2.95. The summed E-state index contributed by atoms with van der Waals surface area (Å²) in [5.74, 6) is -1.25. The van der Waals surface area contributed by atoms with Crippen molar-refractivity contribution in [1.29, 1.82) is 5.26 Å². The number of benzene rings is 1. The molecule has 1 unspecified atom stereocenters. The van der Waals surface area contributed by atoms with Crippen LogP contribution in [0.5, 0.6) is 5.88 Å². The molecule has 40 heavy (non-hydrogen) atoms. The summed E-state index contributed by atoms with van der Waals surface area (Å²) in [6.07, 6.45) is 4.94. The van der Waals surface area contributed by atoms with Crippen LogP contribution in [-0.2, 0) is 16.3 Å². The molecular weight excluding hydrogens is 533 g/mol. The number of halogens is 1. The monoisotopic (exact) mass is 561 g/mol. The maximum atomic E-state index is 14.0. The number of sulfone groups is 1. The first kappa shape index (κ1) is 28.6. The minimum absolute atomic E-state index is 0.156. The van der Waals surface area contributed by atoms with Crippen molar-refractivity contribution in [3.05, 3.63) is 93.8 Å². The topological polar surface area (TPSA) is 139 Å². The van der Waals surface area contributed by atoms with Crippen LogP contribution in [0.1, 0.15) is 61.8 Å². The van der Waals surface area contributed by atoms with E-state index in [0.29, 0.717) is 41.5 Å². The van der Waals surface area contributed by atoms with Crippen molar-refractivity contribution in [3.8, 4) is 23.1 Å². The lowest BCUT2D eigenvalue weighted by Crippen LogP contribution is -2.33. The first-order valence-electron chi connectivity index (χ1n) is 12.8. The van der Waals surface area contributed by atoms with E-state index in [4.69, 9.17) is 0 Å². The van der Waals surface area contributed by atoms with Gasteiger partial charge in [-0.25, -0.2) is 18.4 Å². The number of nitriles is 1. The van der Waals surface area contributed by atoms with Gasteiger partial charge in [-0.05, 0) is 66.8 Å². The Morgan fingerprint density at radius 3 is 2.45 bits per heavy atom. The predicted molar refractivity (Wildman–Crippen MR) is 146 cm³/mol. The lowest BCUT2D eigenvalue weighted by Gasteiger charge is -2.23. The number of aryl methyl sites for hydroxylation is 1.